The third-order valence-electron chi connectivity index (χ3n) is 3.06. The maximum atomic E-state index is 13.2. The average Bonchev–Trinajstić information content (AvgIpc) is 2.41. The number of hydrogen-bond donors (Lipinski definition) is 1. The van der Waals surface area contributed by atoms with Crippen molar-refractivity contribution >= 4 is 23.5 Å². The Morgan fingerprint density at radius 1 is 1.50 bits per heavy atom. The predicted octanol–water partition coefficient (Wildman–Crippen LogP) is 1.79. The molecule has 0 radical (unpaired) electrons. The van der Waals surface area contributed by atoms with Crippen LogP contribution in [0.5, 0.6) is 0 Å². The Hall–Kier alpha value is -1.66. The van der Waals surface area contributed by atoms with E-state index in [-0.39, 0.29) is 30.2 Å². The van der Waals surface area contributed by atoms with Crippen LogP contribution in [0.2, 0.25) is 5.02 Å². The molecule has 1 heterocycles. The summed E-state index contributed by atoms with van der Waals surface area (Å²) in [5.74, 6) is -2.08. The molecule has 20 heavy (non-hydrogen) atoms. The molecule has 0 spiro atoms. The highest BCUT2D eigenvalue weighted by Crippen LogP contribution is 2.22. The van der Waals surface area contributed by atoms with Crippen LogP contribution in [0.25, 0.3) is 0 Å². The van der Waals surface area contributed by atoms with E-state index in [4.69, 9.17) is 21.4 Å². The lowest BCUT2D eigenvalue weighted by atomic mass is 10.1. The number of morpholine rings is 1. The summed E-state index contributed by atoms with van der Waals surface area (Å²) in [6, 6.07) is 2.94. The molecule has 7 heteroatoms. The van der Waals surface area contributed by atoms with E-state index in [0.717, 1.165) is 12.1 Å². The first-order chi connectivity index (χ1) is 9.49. The fourth-order valence-corrected chi connectivity index (χ4v) is 2.31. The number of carbonyl (C=O) groups is 2. The van der Waals surface area contributed by atoms with E-state index in [1.54, 1.807) is 0 Å². The number of carboxylic acid groups (broad SMARTS) is 1. The zero-order valence-corrected chi connectivity index (χ0v) is 11.3. The molecular formula is C13H13ClFNO4. The number of amides is 1. The molecule has 0 aliphatic carbocycles. The van der Waals surface area contributed by atoms with Crippen LogP contribution >= 0.6 is 11.6 Å². The smallest absolute Gasteiger partial charge is 0.305 e. The Balaban J connectivity index is 2.25. The number of hydrogen-bond acceptors (Lipinski definition) is 3. The summed E-state index contributed by atoms with van der Waals surface area (Å²) in [7, 11) is 0. The van der Waals surface area contributed by atoms with E-state index in [0.29, 0.717) is 6.61 Å². The van der Waals surface area contributed by atoms with Gasteiger partial charge >= 0.3 is 5.97 Å². The second-order valence-electron chi connectivity index (χ2n) is 4.45. The maximum Gasteiger partial charge on any atom is 0.305 e. The van der Waals surface area contributed by atoms with Gasteiger partial charge in [0, 0.05) is 6.54 Å². The van der Waals surface area contributed by atoms with E-state index in [9.17, 15) is 14.0 Å². The lowest BCUT2D eigenvalue weighted by Gasteiger charge is -2.35. The molecule has 1 aromatic rings. The standard InChI is InChI=1S/C13H13ClFNO4/c14-11-2-1-8(15)5-10(11)13(19)16-3-4-20-7-9(16)6-12(17)18/h1-2,5,9H,3-4,6-7H2,(H,17,18). The molecule has 1 atom stereocenters. The van der Waals surface area contributed by atoms with Crippen LogP contribution in [0.4, 0.5) is 4.39 Å². The fraction of sp³-hybridized carbons (Fsp3) is 0.385. The van der Waals surface area contributed by atoms with Crippen molar-refractivity contribution < 1.29 is 23.8 Å². The largest absolute Gasteiger partial charge is 0.481 e. The molecule has 0 saturated carbocycles. The summed E-state index contributed by atoms with van der Waals surface area (Å²) in [4.78, 5) is 24.6. The van der Waals surface area contributed by atoms with Gasteiger partial charge in [0.05, 0.1) is 36.3 Å². The van der Waals surface area contributed by atoms with Crippen molar-refractivity contribution in [3.05, 3.63) is 34.6 Å². The minimum Gasteiger partial charge on any atom is -0.481 e. The Kier molecular flexibility index (Phi) is 4.57. The molecule has 5 nitrogen and oxygen atoms in total. The number of halogens is 2. The number of rotatable bonds is 3. The van der Waals surface area contributed by atoms with Gasteiger partial charge in [-0.25, -0.2) is 4.39 Å². The van der Waals surface area contributed by atoms with Gasteiger partial charge in [-0.3, -0.25) is 9.59 Å². The number of aliphatic carboxylic acids is 1. The molecule has 1 N–H and O–H groups in total. The van der Waals surface area contributed by atoms with Crippen LogP contribution in [-0.2, 0) is 9.53 Å². The molecule has 1 aromatic carbocycles. The summed E-state index contributed by atoms with van der Waals surface area (Å²) in [5, 5.41) is 8.99. The Labute approximate surface area is 119 Å². The van der Waals surface area contributed by atoms with Crippen molar-refractivity contribution in [3.8, 4) is 0 Å². The normalized spacial score (nSPS) is 18.9. The lowest BCUT2D eigenvalue weighted by molar-refractivity contribution is -0.139. The van der Waals surface area contributed by atoms with E-state index in [2.05, 4.69) is 0 Å². The molecule has 2 rings (SSSR count). The predicted molar refractivity (Wildman–Crippen MR) is 69.3 cm³/mol. The molecule has 1 aliphatic heterocycles. The second kappa shape index (κ2) is 6.19. The molecule has 1 saturated heterocycles. The van der Waals surface area contributed by atoms with Crippen LogP contribution in [0.1, 0.15) is 16.8 Å². The average molecular weight is 302 g/mol. The third kappa shape index (κ3) is 3.26. The maximum absolute atomic E-state index is 13.2. The zero-order valence-electron chi connectivity index (χ0n) is 10.5. The number of benzene rings is 1. The van der Waals surface area contributed by atoms with Crippen molar-refractivity contribution in [2.75, 3.05) is 19.8 Å². The van der Waals surface area contributed by atoms with Gasteiger partial charge in [-0.2, -0.15) is 0 Å². The van der Waals surface area contributed by atoms with E-state index in [1.165, 1.54) is 11.0 Å². The van der Waals surface area contributed by atoms with E-state index in [1.807, 2.05) is 0 Å². The monoisotopic (exact) mass is 301 g/mol. The van der Waals surface area contributed by atoms with Crippen molar-refractivity contribution in [1.29, 1.82) is 0 Å². The van der Waals surface area contributed by atoms with Crippen LogP contribution in [0.15, 0.2) is 18.2 Å². The molecule has 0 bridgehead atoms. The van der Waals surface area contributed by atoms with Gasteiger partial charge in [0.2, 0.25) is 0 Å². The highest BCUT2D eigenvalue weighted by atomic mass is 35.5. The zero-order chi connectivity index (χ0) is 14.7. The van der Waals surface area contributed by atoms with Crippen LogP contribution in [-0.4, -0.2) is 47.7 Å². The van der Waals surface area contributed by atoms with Crippen LogP contribution < -0.4 is 0 Å². The first kappa shape index (κ1) is 14.7. The number of ether oxygens (including phenoxy) is 1. The van der Waals surface area contributed by atoms with Gasteiger partial charge in [0.25, 0.3) is 5.91 Å². The molecule has 108 valence electrons. The molecule has 1 fully saturated rings. The summed E-state index contributed by atoms with van der Waals surface area (Å²) in [5.41, 5.74) is 0.0314. The Morgan fingerprint density at radius 3 is 2.95 bits per heavy atom. The number of carboxylic acids is 1. The highest BCUT2D eigenvalue weighted by Gasteiger charge is 2.30. The van der Waals surface area contributed by atoms with Gasteiger partial charge in [-0.15, -0.1) is 0 Å². The minimum atomic E-state index is -1.02. The fourth-order valence-electron chi connectivity index (χ4n) is 2.11. The quantitative estimate of drug-likeness (QED) is 0.924. The Bertz CT molecular complexity index is 537. The van der Waals surface area contributed by atoms with Crippen molar-refractivity contribution in [2.24, 2.45) is 0 Å². The van der Waals surface area contributed by atoms with Crippen LogP contribution in [0.3, 0.4) is 0 Å². The first-order valence-corrected chi connectivity index (χ1v) is 6.42. The van der Waals surface area contributed by atoms with Gasteiger partial charge in [-0.1, -0.05) is 11.6 Å². The third-order valence-corrected chi connectivity index (χ3v) is 3.39. The van der Waals surface area contributed by atoms with Gasteiger partial charge in [0.1, 0.15) is 5.82 Å². The first-order valence-electron chi connectivity index (χ1n) is 6.04. The van der Waals surface area contributed by atoms with Crippen molar-refractivity contribution in [3.63, 3.8) is 0 Å². The van der Waals surface area contributed by atoms with Crippen LogP contribution in [0, 0.1) is 5.82 Å². The SMILES string of the molecule is O=C(O)CC1COCCN1C(=O)c1cc(F)ccc1Cl. The van der Waals surface area contributed by atoms with Crippen molar-refractivity contribution in [2.45, 2.75) is 12.5 Å². The topological polar surface area (TPSA) is 66.8 Å². The van der Waals surface area contributed by atoms with Gasteiger partial charge in [-0.05, 0) is 18.2 Å². The summed E-state index contributed by atoms with van der Waals surface area (Å²) in [6.07, 6.45) is -0.224. The summed E-state index contributed by atoms with van der Waals surface area (Å²) in [6.45, 7) is 0.712. The minimum absolute atomic E-state index is 0.0314. The number of nitrogens with zero attached hydrogens (tertiary/aromatic N) is 1. The van der Waals surface area contributed by atoms with Gasteiger partial charge in [0.15, 0.2) is 0 Å². The molecular weight excluding hydrogens is 289 g/mol. The molecule has 0 aromatic heterocycles. The van der Waals surface area contributed by atoms with Crippen molar-refractivity contribution in [1.82, 2.24) is 4.90 Å². The summed E-state index contributed by atoms with van der Waals surface area (Å²) >= 11 is 5.90. The number of carbonyl (C=O) groups excluding carboxylic acids is 1. The molecule has 1 amide bonds. The van der Waals surface area contributed by atoms with E-state index >= 15 is 0 Å². The summed E-state index contributed by atoms with van der Waals surface area (Å²) < 4.78 is 18.4. The molecule has 1 unspecified atom stereocenters. The van der Waals surface area contributed by atoms with Gasteiger partial charge < -0.3 is 14.7 Å². The molecule has 1 aliphatic rings. The van der Waals surface area contributed by atoms with E-state index < -0.39 is 23.7 Å². The highest BCUT2D eigenvalue weighted by molar-refractivity contribution is 6.33. The lowest BCUT2D eigenvalue weighted by Crippen LogP contribution is -2.49. The second-order valence-corrected chi connectivity index (χ2v) is 4.86. The Morgan fingerprint density at radius 2 is 2.25 bits per heavy atom.